The van der Waals surface area contributed by atoms with E-state index < -0.39 is 0 Å². The van der Waals surface area contributed by atoms with Crippen LogP contribution in [0, 0.1) is 24.1 Å². The van der Waals surface area contributed by atoms with Crippen LogP contribution in [0.5, 0.6) is 0 Å². The molecule has 0 radical (unpaired) electrons. The molecular weight excluding hydrogens is 405 g/mol. The monoisotopic (exact) mass is 425 g/mol. The Labute approximate surface area is 177 Å². The Morgan fingerprint density at radius 1 is 1.37 bits per heavy atom. The highest BCUT2D eigenvalue weighted by Crippen LogP contribution is 2.27. The molecule has 9 heteroatoms. The topological polar surface area (TPSA) is 88.0 Å². The number of hydrogen-bond acceptors (Lipinski definition) is 6. The molecule has 1 amide bonds. The van der Waals surface area contributed by atoms with Gasteiger partial charge in [-0.1, -0.05) is 17.8 Å². The number of carbonyl (C=O) groups is 1. The van der Waals surface area contributed by atoms with Crippen molar-refractivity contribution < 1.29 is 13.6 Å². The maximum absolute atomic E-state index is 13.2. The molecule has 154 valence electrons. The molecule has 0 aliphatic heterocycles. The smallest absolute Gasteiger partial charge is 0.237 e. The quantitative estimate of drug-likeness (QED) is 0.377. The molecule has 0 fully saturated rings. The van der Waals surface area contributed by atoms with Crippen LogP contribution in [0.1, 0.15) is 12.2 Å². The fourth-order valence-corrected chi connectivity index (χ4v) is 3.71. The summed E-state index contributed by atoms with van der Waals surface area (Å²) in [6.07, 6.45) is 3.49. The van der Waals surface area contributed by atoms with Gasteiger partial charge in [-0.2, -0.15) is 5.26 Å². The third kappa shape index (κ3) is 4.78. The number of anilines is 1. The van der Waals surface area contributed by atoms with E-state index in [9.17, 15) is 9.18 Å². The van der Waals surface area contributed by atoms with Crippen molar-refractivity contribution >= 4 is 23.4 Å². The van der Waals surface area contributed by atoms with E-state index in [4.69, 9.17) is 9.68 Å². The predicted octanol–water partition coefficient (Wildman–Crippen LogP) is 4.21. The summed E-state index contributed by atoms with van der Waals surface area (Å²) < 4.78 is 20.5. The molecule has 0 bridgehead atoms. The van der Waals surface area contributed by atoms with Gasteiger partial charge in [-0.25, -0.2) is 4.39 Å². The number of thioether (sulfide) groups is 1. The van der Waals surface area contributed by atoms with Crippen LogP contribution in [-0.4, -0.2) is 33.0 Å². The maximum atomic E-state index is 13.2. The third-order valence-corrected chi connectivity index (χ3v) is 5.29. The first kappa shape index (κ1) is 21.3. The highest BCUT2D eigenvalue weighted by atomic mass is 32.2. The van der Waals surface area contributed by atoms with Gasteiger partial charge >= 0.3 is 0 Å². The van der Waals surface area contributed by atoms with Crippen LogP contribution in [0.4, 0.5) is 10.1 Å². The van der Waals surface area contributed by atoms with Gasteiger partial charge in [0.05, 0.1) is 30.1 Å². The van der Waals surface area contributed by atoms with E-state index in [2.05, 4.69) is 16.8 Å². The van der Waals surface area contributed by atoms with Crippen molar-refractivity contribution in [1.29, 1.82) is 5.26 Å². The summed E-state index contributed by atoms with van der Waals surface area (Å²) in [5.74, 6) is 0.842. The second kappa shape index (κ2) is 9.89. The van der Waals surface area contributed by atoms with Crippen LogP contribution in [0.25, 0.3) is 11.4 Å². The lowest BCUT2D eigenvalue weighted by atomic mass is 10.2. The van der Waals surface area contributed by atoms with Crippen molar-refractivity contribution in [2.45, 2.75) is 25.0 Å². The fourth-order valence-electron chi connectivity index (χ4n) is 2.89. The minimum atomic E-state index is -0.389. The SMILES string of the molecule is C=CCn1c(SCC(=O)N(CCC#N)c2ccc(F)cc2)nnc1-c1ccoc1C. The first-order valence-corrected chi connectivity index (χ1v) is 10.2. The number of nitriles is 1. The molecule has 0 aliphatic rings. The van der Waals surface area contributed by atoms with Crippen molar-refractivity contribution in [3.05, 3.63) is 60.8 Å². The number of nitrogens with zero attached hydrogens (tertiary/aromatic N) is 5. The van der Waals surface area contributed by atoms with E-state index in [1.165, 1.54) is 40.9 Å². The summed E-state index contributed by atoms with van der Waals surface area (Å²) in [6, 6.07) is 9.47. The standard InChI is InChI=1S/C21H20FN5O2S/c1-3-11-27-20(18-9-13-29-15(18)2)24-25-21(27)30-14-19(28)26(12-4-10-23)17-7-5-16(22)6-8-17/h3,5-9,13H,1,4,11-12,14H2,2H3. The summed E-state index contributed by atoms with van der Waals surface area (Å²) in [4.78, 5) is 14.4. The fraction of sp³-hybridized carbons (Fsp3) is 0.238. The van der Waals surface area contributed by atoms with Crippen LogP contribution in [-0.2, 0) is 11.3 Å². The number of aromatic nitrogens is 3. The number of allylic oxidation sites excluding steroid dienone is 1. The lowest BCUT2D eigenvalue weighted by Gasteiger charge is -2.21. The third-order valence-electron chi connectivity index (χ3n) is 4.34. The lowest BCUT2D eigenvalue weighted by molar-refractivity contribution is -0.116. The number of aryl methyl sites for hydroxylation is 1. The number of carbonyl (C=O) groups excluding carboxylic acids is 1. The average Bonchev–Trinajstić information content (AvgIpc) is 3.34. The molecule has 2 heterocycles. The molecule has 0 saturated heterocycles. The van der Waals surface area contributed by atoms with Crippen LogP contribution in [0.3, 0.4) is 0 Å². The maximum Gasteiger partial charge on any atom is 0.237 e. The Bertz CT molecular complexity index is 1070. The van der Waals surface area contributed by atoms with Gasteiger partial charge < -0.3 is 9.32 Å². The largest absolute Gasteiger partial charge is 0.469 e. The number of benzene rings is 1. The zero-order valence-electron chi connectivity index (χ0n) is 16.4. The average molecular weight is 425 g/mol. The van der Waals surface area contributed by atoms with Gasteiger partial charge in [0, 0.05) is 18.8 Å². The molecule has 0 spiro atoms. The van der Waals surface area contributed by atoms with E-state index >= 15 is 0 Å². The zero-order valence-corrected chi connectivity index (χ0v) is 17.2. The Morgan fingerprint density at radius 3 is 2.77 bits per heavy atom. The lowest BCUT2D eigenvalue weighted by Crippen LogP contribution is -2.33. The first-order chi connectivity index (χ1) is 14.5. The van der Waals surface area contributed by atoms with Gasteiger partial charge in [0.2, 0.25) is 5.91 Å². The van der Waals surface area contributed by atoms with Gasteiger partial charge in [0.25, 0.3) is 0 Å². The number of halogens is 1. The summed E-state index contributed by atoms with van der Waals surface area (Å²) >= 11 is 1.24. The molecule has 0 N–H and O–H groups in total. The van der Waals surface area contributed by atoms with Crippen LogP contribution >= 0.6 is 11.8 Å². The molecule has 30 heavy (non-hydrogen) atoms. The number of amides is 1. The Morgan fingerprint density at radius 2 is 2.13 bits per heavy atom. The molecule has 7 nitrogen and oxygen atoms in total. The van der Waals surface area contributed by atoms with Crippen molar-refractivity contribution in [3.8, 4) is 17.5 Å². The molecule has 0 saturated carbocycles. The Kier molecular flexibility index (Phi) is 7.03. The molecule has 0 aliphatic carbocycles. The summed E-state index contributed by atoms with van der Waals surface area (Å²) in [7, 11) is 0. The van der Waals surface area contributed by atoms with Crippen molar-refractivity contribution in [3.63, 3.8) is 0 Å². The summed E-state index contributed by atoms with van der Waals surface area (Å²) in [5, 5.41) is 18.0. The number of hydrogen-bond donors (Lipinski definition) is 0. The van der Waals surface area contributed by atoms with Crippen LogP contribution in [0.2, 0.25) is 0 Å². The molecule has 3 aromatic rings. The summed E-state index contributed by atoms with van der Waals surface area (Å²) in [5.41, 5.74) is 1.36. The van der Waals surface area contributed by atoms with Crippen LogP contribution < -0.4 is 4.90 Å². The van der Waals surface area contributed by atoms with Crippen molar-refractivity contribution in [2.24, 2.45) is 0 Å². The molecule has 0 unspecified atom stereocenters. The molecule has 0 atom stereocenters. The highest BCUT2D eigenvalue weighted by Gasteiger charge is 2.20. The van der Waals surface area contributed by atoms with Crippen LogP contribution in [0.15, 0.2) is 58.8 Å². The number of furan rings is 1. The van der Waals surface area contributed by atoms with E-state index in [0.717, 1.165) is 11.3 Å². The van der Waals surface area contributed by atoms with Gasteiger partial charge in [-0.05, 0) is 37.3 Å². The molecule has 1 aromatic carbocycles. The number of rotatable bonds is 9. The van der Waals surface area contributed by atoms with Gasteiger partial charge in [-0.3, -0.25) is 9.36 Å². The first-order valence-electron chi connectivity index (χ1n) is 9.19. The van der Waals surface area contributed by atoms with Crippen molar-refractivity contribution in [2.75, 3.05) is 17.2 Å². The van der Waals surface area contributed by atoms with E-state index in [1.54, 1.807) is 12.3 Å². The van der Waals surface area contributed by atoms with E-state index in [1.807, 2.05) is 23.6 Å². The zero-order chi connectivity index (χ0) is 21.5. The van der Waals surface area contributed by atoms with Gasteiger partial charge in [0.1, 0.15) is 11.6 Å². The van der Waals surface area contributed by atoms with Crippen molar-refractivity contribution in [1.82, 2.24) is 14.8 Å². The minimum Gasteiger partial charge on any atom is -0.469 e. The molecule has 2 aromatic heterocycles. The minimum absolute atomic E-state index is 0.0858. The van der Waals surface area contributed by atoms with E-state index in [-0.39, 0.29) is 30.4 Å². The van der Waals surface area contributed by atoms with E-state index in [0.29, 0.717) is 23.2 Å². The Hall–Kier alpha value is -3.38. The molecular formula is C21H20FN5O2S. The predicted molar refractivity (Wildman–Crippen MR) is 112 cm³/mol. The Balaban J connectivity index is 1.79. The van der Waals surface area contributed by atoms with Gasteiger partial charge in [0.15, 0.2) is 11.0 Å². The van der Waals surface area contributed by atoms with Gasteiger partial charge in [-0.15, -0.1) is 16.8 Å². The second-order valence-electron chi connectivity index (χ2n) is 6.31. The summed E-state index contributed by atoms with van der Waals surface area (Å²) in [6.45, 7) is 6.32. The highest BCUT2D eigenvalue weighted by molar-refractivity contribution is 7.99. The second-order valence-corrected chi connectivity index (χ2v) is 7.26. The molecule has 3 rings (SSSR count). The normalized spacial score (nSPS) is 10.6.